The maximum absolute atomic E-state index is 5.01. The predicted octanol–water partition coefficient (Wildman–Crippen LogP) is 2.25. The van der Waals surface area contributed by atoms with Crippen LogP contribution in [0.1, 0.15) is 31.4 Å². The van der Waals surface area contributed by atoms with Gasteiger partial charge in [-0.25, -0.2) is 9.97 Å². The number of nitrogens with one attached hydrogen (secondary N) is 1. The Bertz CT molecular complexity index is 595. The van der Waals surface area contributed by atoms with Gasteiger partial charge >= 0.3 is 0 Å². The molecule has 2 aromatic rings. The number of anilines is 1. The molecular weight excluding hydrogens is 254 g/mol. The van der Waals surface area contributed by atoms with Crippen molar-refractivity contribution in [1.29, 1.82) is 0 Å². The van der Waals surface area contributed by atoms with Gasteiger partial charge in [0.25, 0.3) is 0 Å². The van der Waals surface area contributed by atoms with Gasteiger partial charge in [-0.15, -0.1) is 10.2 Å². The highest BCUT2D eigenvalue weighted by Gasteiger charge is 2.26. The average Bonchev–Trinajstić information content (AvgIpc) is 3.32. The van der Waals surface area contributed by atoms with E-state index in [4.69, 9.17) is 4.74 Å². The standard InChI is InChI=1S/C14H17N5O/c1-3-15-12-8-11(9-4-5-9)16-14(17-12)10-6-7-13(20-2)19-18-10/h6-9H,3-5H2,1-2H3,(H,15,16,17). The molecule has 104 valence electrons. The molecular formula is C14H17N5O. The topological polar surface area (TPSA) is 72.8 Å². The van der Waals surface area contributed by atoms with Gasteiger partial charge in [0.15, 0.2) is 5.82 Å². The lowest BCUT2D eigenvalue weighted by Crippen LogP contribution is -2.04. The van der Waals surface area contributed by atoms with Gasteiger partial charge in [0.05, 0.1) is 7.11 Å². The van der Waals surface area contributed by atoms with Crippen LogP contribution >= 0.6 is 0 Å². The zero-order valence-electron chi connectivity index (χ0n) is 11.6. The second-order valence-electron chi connectivity index (χ2n) is 4.77. The van der Waals surface area contributed by atoms with Gasteiger partial charge in [0.2, 0.25) is 5.88 Å². The van der Waals surface area contributed by atoms with Crippen LogP contribution in [0.5, 0.6) is 5.88 Å². The molecule has 1 N–H and O–H groups in total. The maximum Gasteiger partial charge on any atom is 0.233 e. The monoisotopic (exact) mass is 271 g/mol. The van der Waals surface area contributed by atoms with E-state index in [2.05, 4.69) is 25.5 Å². The smallest absolute Gasteiger partial charge is 0.233 e. The summed E-state index contributed by atoms with van der Waals surface area (Å²) < 4.78 is 5.01. The van der Waals surface area contributed by atoms with Gasteiger partial charge < -0.3 is 10.1 Å². The Hall–Kier alpha value is -2.24. The molecule has 0 radical (unpaired) electrons. The van der Waals surface area contributed by atoms with Crippen molar-refractivity contribution >= 4 is 5.82 Å². The number of hydrogen-bond acceptors (Lipinski definition) is 6. The molecule has 1 aliphatic carbocycles. The quantitative estimate of drug-likeness (QED) is 0.899. The zero-order valence-corrected chi connectivity index (χ0v) is 11.6. The van der Waals surface area contributed by atoms with E-state index < -0.39 is 0 Å². The van der Waals surface area contributed by atoms with E-state index in [1.165, 1.54) is 12.8 Å². The number of ether oxygens (including phenoxy) is 1. The summed E-state index contributed by atoms with van der Waals surface area (Å²) in [6, 6.07) is 5.62. The maximum atomic E-state index is 5.01. The van der Waals surface area contributed by atoms with Gasteiger partial charge in [-0.3, -0.25) is 0 Å². The first kappa shape index (κ1) is 12.8. The summed E-state index contributed by atoms with van der Waals surface area (Å²) in [5.41, 5.74) is 1.75. The SMILES string of the molecule is CCNc1cc(C2CC2)nc(-c2ccc(OC)nn2)n1. The molecule has 6 heteroatoms. The minimum Gasteiger partial charge on any atom is -0.480 e. The third kappa shape index (κ3) is 2.68. The molecule has 0 spiro atoms. The summed E-state index contributed by atoms with van der Waals surface area (Å²) >= 11 is 0. The Balaban J connectivity index is 1.97. The number of nitrogens with zero attached hydrogens (tertiary/aromatic N) is 4. The lowest BCUT2D eigenvalue weighted by atomic mass is 10.2. The molecule has 0 aliphatic heterocycles. The first-order valence-corrected chi connectivity index (χ1v) is 6.81. The Morgan fingerprint density at radius 3 is 2.70 bits per heavy atom. The van der Waals surface area contributed by atoms with Crippen LogP contribution in [0.2, 0.25) is 0 Å². The first-order chi connectivity index (χ1) is 9.80. The molecule has 6 nitrogen and oxygen atoms in total. The summed E-state index contributed by atoms with van der Waals surface area (Å²) in [5, 5.41) is 11.3. The largest absolute Gasteiger partial charge is 0.480 e. The lowest BCUT2D eigenvalue weighted by molar-refractivity contribution is 0.392. The highest BCUT2D eigenvalue weighted by Crippen LogP contribution is 2.40. The molecule has 0 saturated heterocycles. The second-order valence-corrected chi connectivity index (χ2v) is 4.77. The Kier molecular flexibility index (Phi) is 3.45. The van der Waals surface area contributed by atoms with Crippen molar-refractivity contribution < 1.29 is 4.74 Å². The zero-order chi connectivity index (χ0) is 13.9. The molecule has 0 unspecified atom stereocenters. The van der Waals surface area contributed by atoms with Crippen molar-refractivity contribution in [2.75, 3.05) is 19.0 Å². The van der Waals surface area contributed by atoms with E-state index in [0.29, 0.717) is 23.3 Å². The third-order valence-corrected chi connectivity index (χ3v) is 3.18. The van der Waals surface area contributed by atoms with E-state index in [0.717, 1.165) is 18.1 Å². The summed E-state index contributed by atoms with van der Waals surface area (Å²) in [5.74, 6) is 2.51. The minimum atomic E-state index is 0.485. The summed E-state index contributed by atoms with van der Waals surface area (Å²) in [7, 11) is 1.57. The van der Waals surface area contributed by atoms with Gasteiger partial charge in [-0.1, -0.05) is 0 Å². The normalized spacial score (nSPS) is 14.1. The van der Waals surface area contributed by atoms with Crippen LogP contribution < -0.4 is 10.1 Å². The van der Waals surface area contributed by atoms with Crippen molar-refractivity contribution in [3.05, 3.63) is 23.9 Å². The fourth-order valence-electron chi connectivity index (χ4n) is 1.99. The van der Waals surface area contributed by atoms with E-state index >= 15 is 0 Å². The number of methoxy groups -OCH3 is 1. The van der Waals surface area contributed by atoms with Gasteiger partial charge in [0.1, 0.15) is 11.5 Å². The van der Waals surface area contributed by atoms with Gasteiger partial charge in [0, 0.05) is 30.3 Å². The lowest BCUT2D eigenvalue weighted by Gasteiger charge is -2.08. The molecule has 1 aliphatic rings. The molecule has 1 saturated carbocycles. The molecule has 0 aromatic carbocycles. The second kappa shape index (κ2) is 5.40. The predicted molar refractivity (Wildman–Crippen MR) is 75.7 cm³/mol. The van der Waals surface area contributed by atoms with Crippen molar-refractivity contribution in [3.63, 3.8) is 0 Å². The van der Waals surface area contributed by atoms with E-state index in [9.17, 15) is 0 Å². The van der Waals surface area contributed by atoms with Crippen LogP contribution in [0, 0.1) is 0 Å². The van der Waals surface area contributed by atoms with Crippen LogP contribution in [0.25, 0.3) is 11.5 Å². The Morgan fingerprint density at radius 1 is 1.25 bits per heavy atom. The van der Waals surface area contributed by atoms with Crippen LogP contribution in [-0.2, 0) is 0 Å². The summed E-state index contributed by atoms with van der Waals surface area (Å²) in [4.78, 5) is 9.10. The van der Waals surface area contributed by atoms with Crippen LogP contribution in [0.15, 0.2) is 18.2 Å². The molecule has 2 heterocycles. The van der Waals surface area contributed by atoms with Crippen LogP contribution in [0.4, 0.5) is 5.82 Å². The highest BCUT2D eigenvalue weighted by atomic mass is 16.5. The molecule has 2 aromatic heterocycles. The number of rotatable bonds is 5. The average molecular weight is 271 g/mol. The summed E-state index contributed by atoms with van der Waals surface area (Å²) in [6.45, 7) is 2.88. The van der Waals surface area contributed by atoms with Crippen molar-refractivity contribution in [2.24, 2.45) is 0 Å². The molecule has 0 amide bonds. The van der Waals surface area contributed by atoms with Crippen LogP contribution in [-0.4, -0.2) is 33.8 Å². The van der Waals surface area contributed by atoms with Crippen molar-refractivity contribution in [2.45, 2.75) is 25.7 Å². The Morgan fingerprint density at radius 2 is 2.10 bits per heavy atom. The van der Waals surface area contributed by atoms with E-state index in [-0.39, 0.29) is 0 Å². The van der Waals surface area contributed by atoms with E-state index in [1.54, 1.807) is 13.2 Å². The van der Waals surface area contributed by atoms with Gasteiger partial charge in [-0.2, -0.15) is 0 Å². The minimum absolute atomic E-state index is 0.485. The molecule has 1 fully saturated rings. The van der Waals surface area contributed by atoms with Crippen LogP contribution in [0.3, 0.4) is 0 Å². The van der Waals surface area contributed by atoms with E-state index in [1.807, 2.05) is 19.1 Å². The van der Waals surface area contributed by atoms with Crippen molar-refractivity contribution in [1.82, 2.24) is 20.2 Å². The van der Waals surface area contributed by atoms with Crippen molar-refractivity contribution in [3.8, 4) is 17.4 Å². The summed E-state index contributed by atoms with van der Waals surface area (Å²) in [6.07, 6.45) is 2.41. The fourth-order valence-corrected chi connectivity index (χ4v) is 1.99. The third-order valence-electron chi connectivity index (χ3n) is 3.18. The molecule has 0 atom stereocenters. The molecule has 20 heavy (non-hydrogen) atoms. The van der Waals surface area contributed by atoms with Gasteiger partial charge in [-0.05, 0) is 25.8 Å². The first-order valence-electron chi connectivity index (χ1n) is 6.81. The molecule has 0 bridgehead atoms. The number of hydrogen-bond donors (Lipinski definition) is 1. The number of aromatic nitrogens is 4. The Labute approximate surface area is 117 Å². The molecule has 3 rings (SSSR count). The fraction of sp³-hybridized carbons (Fsp3) is 0.429. The highest BCUT2D eigenvalue weighted by molar-refractivity contribution is 5.53.